The van der Waals surface area contributed by atoms with Crippen molar-refractivity contribution in [3.63, 3.8) is 0 Å². The summed E-state index contributed by atoms with van der Waals surface area (Å²) >= 11 is 6.12. The molecule has 1 aromatic heterocycles. The molecule has 0 aliphatic rings. The van der Waals surface area contributed by atoms with Crippen molar-refractivity contribution in [3.8, 4) is 0 Å². The molecule has 2 aromatic rings. The molecule has 0 aliphatic heterocycles. The van der Waals surface area contributed by atoms with Crippen molar-refractivity contribution in [3.05, 3.63) is 56.4 Å². The highest BCUT2D eigenvalue weighted by atomic mass is 79.9. The van der Waals surface area contributed by atoms with Gasteiger partial charge in [-0.3, -0.25) is 0 Å². The van der Waals surface area contributed by atoms with Gasteiger partial charge >= 0.3 is 0 Å². The second-order valence-electron chi connectivity index (χ2n) is 3.65. The van der Waals surface area contributed by atoms with Crippen LogP contribution < -0.4 is 5.32 Å². The fraction of sp³-hybridized carbons (Fsp3) is 0.167. The van der Waals surface area contributed by atoms with Crippen LogP contribution in [0.5, 0.6) is 0 Å². The van der Waals surface area contributed by atoms with E-state index in [0.717, 1.165) is 12.1 Å². The molecule has 0 amide bonds. The largest absolute Gasteiger partial charge is 0.452 e. The fourth-order valence-corrected chi connectivity index (χ4v) is 2.33. The Morgan fingerprint density at radius 1 is 1.17 bits per heavy atom. The van der Waals surface area contributed by atoms with Crippen LogP contribution in [0.3, 0.4) is 0 Å². The SMILES string of the molecule is CNC(c1ccc(Br)o1)c1cc(F)c(Br)cc1F. The summed E-state index contributed by atoms with van der Waals surface area (Å²) in [7, 11) is 1.65. The van der Waals surface area contributed by atoms with Crippen LogP contribution in [0.25, 0.3) is 0 Å². The zero-order valence-corrected chi connectivity index (χ0v) is 12.5. The number of benzene rings is 1. The van der Waals surface area contributed by atoms with Crippen molar-refractivity contribution in [2.24, 2.45) is 0 Å². The Kier molecular flexibility index (Phi) is 4.19. The van der Waals surface area contributed by atoms with Crippen LogP contribution in [0, 0.1) is 11.6 Å². The van der Waals surface area contributed by atoms with E-state index < -0.39 is 17.7 Å². The lowest BCUT2D eigenvalue weighted by Gasteiger charge is -2.15. The van der Waals surface area contributed by atoms with Crippen LogP contribution in [0.1, 0.15) is 17.4 Å². The van der Waals surface area contributed by atoms with Crippen molar-refractivity contribution < 1.29 is 13.2 Å². The maximum atomic E-state index is 13.9. The molecule has 2 nitrogen and oxygen atoms in total. The smallest absolute Gasteiger partial charge is 0.169 e. The van der Waals surface area contributed by atoms with Gasteiger partial charge in [0.05, 0.1) is 10.5 Å². The van der Waals surface area contributed by atoms with Gasteiger partial charge in [0.2, 0.25) is 0 Å². The van der Waals surface area contributed by atoms with E-state index >= 15 is 0 Å². The van der Waals surface area contributed by atoms with Gasteiger partial charge in [0.1, 0.15) is 17.4 Å². The summed E-state index contributed by atoms with van der Waals surface area (Å²) in [5, 5.41) is 2.90. The number of hydrogen-bond donors (Lipinski definition) is 1. The van der Waals surface area contributed by atoms with Crippen LogP contribution >= 0.6 is 31.9 Å². The van der Waals surface area contributed by atoms with Gasteiger partial charge in [-0.15, -0.1) is 0 Å². The van der Waals surface area contributed by atoms with Gasteiger partial charge in [-0.05, 0) is 63.2 Å². The lowest BCUT2D eigenvalue weighted by Crippen LogP contribution is -2.18. The molecule has 0 radical (unpaired) electrons. The van der Waals surface area contributed by atoms with Crippen molar-refractivity contribution in [1.29, 1.82) is 0 Å². The minimum atomic E-state index is -0.543. The summed E-state index contributed by atoms with van der Waals surface area (Å²) < 4.78 is 33.4. The molecular weight excluding hydrogens is 372 g/mol. The minimum absolute atomic E-state index is 0.0965. The van der Waals surface area contributed by atoms with Gasteiger partial charge in [-0.1, -0.05) is 0 Å². The fourth-order valence-electron chi connectivity index (χ4n) is 1.69. The zero-order valence-electron chi connectivity index (χ0n) is 9.31. The number of hydrogen-bond acceptors (Lipinski definition) is 2. The Morgan fingerprint density at radius 2 is 1.89 bits per heavy atom. The highest BCUT2D eigenvalue weighted by Gasteiger charge is 2.21. The maximum absolute atomic E-state index is 13.9. The Labute approximate surface area is 120 Å². The van der Waals surface area contributed by atoms with Crippen LogP contribution in [-0.2, 0) is 0 Å². The summed E-state index contributed by atoms with van der Waals surface area (Å²) in [6, 6.07) is 5.11. The molecular formula is C12H9Br2F2NO. The topological polar surface area (TPSA) is 25.2 Å². The summed E-state index contributed by atoms with van der Waals surface area (Å²) in [6.45, 7) is 0. The first kappa shape index (κ1) is 13.7. The average molecular weight is 381 g/mol. The first-order valence-electron chi connectivity index (χ1n) is 5.10. The van der Waals surface area contributed by atoms with E-state index in [4.69, 9.17) is 4.42 Å². The van der Waals surface area contributed by atoms with Crippen LogP contribution in [0.4, 0.5) is 8.78 Å². The summed E-state index contributed by atoms with van der Waals surface area (Å²) in [5.41, 5.74) is 0.194. The number of nitrogens with one attached hydrogen (secondary N) is 1. The molecule has 0 spiro atoms. The van der Waals surface area contributed by atoms with E-state index in [0.29, 0.717) is 10.4 Å². The third-order valence-electron chi connectivity index (χ3n) is 2.52. The van der Waals surface area contributed by atoms with Gasteiger partial charge < -0.3 is 9.73 Å². The molecule has 96 valence electrons. The molecule has 1 unspecified atom stereocenters. The molecule has 0 saturated heterocycles. The van der Waals surface area contributed by atoms with E-state index in [1.54, 1.807) is 19.2 Å². The number of furan rings is 1. The van der Waals surface area contributed by atoms with Gasteiger partial charge in [-0.25, -0.2) is 8.78 Å². The first-order valence-corrected chi connectivity index (χ1v) is 6.68. The summed E-state index contributed by atoms with van der Waals surface area (Å²) in [4.78, 5) is 0. The van der Waals surface area contributed by atoms with Gasteiger partial charge in [0.15, 0.2) is 4.67 Å². The van der Waals surface area contributed by atoms with Crippen LogP contribution in [0.2, 0.25) is 0 Å². The minimum Gasteiger partial charge on any atom is -0.452 e. The molecule has 2 rings (SSSR count). The third-order valence-corrected chi connectivity index (χ3v) is 3.55. The normalized spacial score (nSPS) is 12.7. The monoisotopic (exact) mass is 379 g/mol. The van der Waals surface area contributed by atoms with E-state index in [9.17, 15) is 8.78 Å². The second kappa shape index (κ2) is 5.50. The Morgan fingerprint density at radius 3 is 2.44 bits per heavy atom. The quantitative estimate of drug-likeness (QED) is 0.799. The predicted molar refractivity (Wildman–Crippen MR) is 71.4 cm³/mol. The molecule has 6 heteroatoms. The maximum Gasteiger partial charge on any atom is 0.169 e. The average Bonchev–Trinajstić information content (AvgIpc) is 2.73. The zero-order chi connectivity index (χ0) is 13.3. The standard InChI is InChI=1S/C12H9Br2F2NO/c1-17-12(10-2-3-11(14)18-10)6-4-9(16)7(13)5-8(6)15/h2-5,12,17H,1H3. The van der Waals surface area contributed by atoms with Gasteiger partial charge in [0.25, 0.3) is 0 Å². The third kappa shape index (κ3) is 2.65. The van der Waals surface area contributed by atoms with Crippen molar-refractivity contribution in [2.75, 3.05) is 7.05 Å². The predicted octanol–water partition coefficient (Wildman–Crippen LogP) is 4.39. The van der Waals surface area contributed by atoms with Crippen molar-refractivity contribution in [1.82, 2.24) is 5.32 Å². The van der Waals surface area contributed by atoms with E-state index in [1.165, 1.54) is 0 Å². The van der Waals surface area contributed by atoms with Crippen LogP contribution in [-0.4, -0.2) is 7.05 Å². The summed E-state index contributed by atoms with van der Waals surface area (Å²) in [6.07, 6.45) is 0. The first-order chi connectivity index (χ1) is 8.52. The Bertz CT molecular complexity index is 571. The highest BCUT2D eigenvalue weighted by molar-refractivity contribution is 9.10. The molecule has 0 saturated carbocycles. The van der Waals surface area contributed by atoms with E-state index in [-0.39, 0.29) is 10.0 Å². The van der Waals surface area contributed by atoms with E-state index in [2.05, 4.69) is 37.2 Å². The molecule has 1 atom stereocenters. The van der Waals surface area contributed by atoms with Crippen molar-refractivity contribution >= 4 is 31.9 Å². The lowest BCUT2D eigenvalue weighted by atomic mass is 10.0. The van der Waals surface area contributed by atoms with Gasteiger partial charge in [-0.2, -0.15) is 0 Å². The van der Waals surface area contributed by atoms with Crippen molar-refractivity contribution in [2.45, 2.75) is 6.04 Å². The number of halogens is 4. The van der Waals surface area contributed by atoms with E-state index in [1.807, 2.05) is 0 Å². The number of rotatable bonds is 3. The second-order valence-corrected chi connectivity index (χ2v) is 5.29. The molecule has 0 fully saturated rings. The molecule has 18 heavy (non-hydrogen) atoms. The highest BCUT2D eigenvalue weighted by Crippen LogP contribution is 2.30. The summed E-state index contributed by atoms with van der Waals surface area (Å²) in [5.74, 6) is -0.516. The van der Waals surface area contributed by atoms with Gasteiger partial charge in [0, 0.05) is 5.56 Å². The van der Waals surface area contributed by atoms with Crippen LogP contribution in [0.15, 0.2) is 37.8 Å². The molecule has 1 heterocycles. The molecule has 1 aromatic carbocycles. The molecule has 1 N–H and O–H groups in total. The Balaban J connectivity index is 2.48. The molecule has 0 bridgehead atoms. The molecule has 0 aliphatic carbocycles. The lowest BCUT2D eigenvalue weighted by molar-refractivity contribution is 0.436. The Hall–Kier alpha value is -0.720.